The van der Waals surface area contributed by atoms with E-state index in [0.717, 1.165) is 24.5 Å². The zero-order valence-corrected chi connectivity index (χ0v) is 10.6. The van der Waals surface area contributed by atoms with Crippen LogP contribution in [0.25, 0.3) is 0 Å². The largest absolute Gasteiger partial charge is 0.494 e. The van der Waals surface area contributed by atoms with E-state index in [-0.39, 0.29) is 6.04 Å². The summed E-state index contributed by atoms with van der Waals surface area (Å²) in [6.07, 6.45) is 4.50. The average Bonchev–Trinajstić information content (AvgIpc) is 2.88. The first-order valence-electron chi connectivity index (χ1n) is 6.25. The molecule has 0 saturated heterocycles. The number of hydrogen-bond donors (Lipinski definition) is 1. The van der Waals surface area contributed by atoms with Gasteiger partial charge in [-0.15, -0.1) is 0 Å². The number of nitrogens with two attached hydrogens (primary N) is 1. The summed E-state index contributed by atoms with van der Waals surface area (Å²) in [6.45, 7) is 3.57. The summed E-state index contributed by atoms with van der Waals surface area (Å²) in [4.78, 5) is 4.30. The standard InChI is InChI=1S/C14H19N3O/c1-2-17-10-9-16-14(17)13(15)8-11-18-12-6-4-3-5-7-12/h3-7,9-10,13H,2,8,11,15H2,1H3. The third kappa shape index (κ3) is 3.11. The maximum absolute atomic E-state index is 6.12. The Morgan fingerprint density at radius 2 is 2.11 bits per heavy atom. The maximum atomic E-state index is 6.12. The second-order valence-corrected chi connectivity index (χ2v) is 4.13. The van der Waals surface area contributed by atoms with Crippen molar-refractivity contribution in [2.45, 2.75) is 25.9 Å². The highest BCUT2D eigenvalue weighted by Gasteiger charge is 2.11. The van der Waals surface area contributed by atoms with Crippen molar-refractivity contribution in [1.82, 2.24) is 9.55 Å². The maximum Gasteiger partial charge on any atom is 0.125 e. The molecule has 0 aliphatic carbocycles. The van der Waals surface area contributed by atoms with Crippen molar-refractivity contribution in [2.75, 3.05) is 6.61 Å². The minimum absolute atomic E-state index is 0.0799. The van der Waals surface area contributed by atoms with Crippen LogP contribution in [0.2, 0.25) is 0 Å². The first-order valence-corrected chi connectivity index (χ1v) is 6.25. The summed E-state index contributed by atoms with van der Waals surface area (Å²) in [7, 11) is 0. The lowest BCUT2D eigenvalue weighted by Crippen LogP contribution is -2.18. The Morgan fingerprint density at radius 1 is 1.33 bits per heavy atom. The molecule has 1 aromatic heterocycles. The summed E-state index contributed by atoms with van der Waals surface area (Å²) < 4.78 is 7.69. The molecule has 1 unspecified atom stereocenters. The molecule has 4 nitrogen and oxygen atoms in total. The average molecular weight is 245 g/mol. The zero-order valence-electron chi connectivity index (χ0n) is 10.6. The van der Waals surface area contributed by atoms with Gasteiger partial charge in [0.15, 0.2) is 0 Å². The summed E-state index contributed by atoms with van der Waals surface area (Å²) in [5, 5.41) is 0. The van der Waals surface area contributed by atoms with Crippen molar-refractivity contribution in [2.24, 2.45) is 5.73 Å². The fourth-order valence-corrected chi connectivity index (χ4v) is 1.87. The molecule has 96 valence electrons. The van der Waals surface area contributed by atoms with Crippen LogP contribution >= 0.6 is 0 Å². The SMILES string of the molecule is CCn1ccnc1C(N)CCOc1ccccc1. The summed E-state index contributed by atoms with van der Waals surface area (Å²) in [5.74, 6) is 1.80. The van der Waals surface area contributed by atoms with Gasteiger partial charge in [-0.3, -0.25) is 0 Å². The Labute approximate surface area is 107 Å². The third-order valence-corrected chi connectivity index (χ3v) is 2.86. The van der Waals surface area contributed by atoms with Crippen LogP contribution < -0.4 is 10.5 Å². The van der Waals surface area contributed by atoms with Crippen molar-refractivity contribution < 1.29 is 4.74 Å². The lowest BCUT2D eigenvalue weighted by Gasteiger charge is -2.13. The Kier molecular flexibility index (Phi) is 4.36. The highest BCUT2D eigenvalue weighted by atomic mass is 16.5. The number of imidazole rings is 1. The molecule has 0 saturated carbocycles. The molecule has 4 heteroatoms. The molecule has 1 atom stereocenters. The minimum atomic E-state index is -0.0799. The number of rotatable bonds is 6. The Morgan fingerprint density at radius 3 is 2.83 bits per heavy atom. The van der Waals surface area contributed by atoms with Gasteiger partial charge in [-0.25, -0.2) is 4.98 Å². The number of aromatic nitrogens is 2. The fraction of sp³-hybridized carbons (Fsp3) is 0.357. The molecule has 0 radical (unpaired) electrons. The van der Waals surface area contributed by atoms with Crippen LogP contribution in [0.4, 0.5) is 0 Å². The second kappa shape index (κ2) is 6.21. The van der Waals surface area contributed by atoms with E-state index in [1.165, 1.54) is 0 Å². The van der Waals surface area contributed by atoms with E-state index < -0.39 is 0 Å². The van der Waals surface area contributed by atoms with Crippen LogP contribution in [0.15, 0.2) is 42.7 Å². The van der Waals surface area contributed by atoms with Crippen molar-refractivity contribution >= 4 is 0 Å². The predicted octanol–water partition coefficient (Wildman–Crippen LogP) is 2.37. The van der Waals surface area contributed by atoms with Gasteiger partial charge in [0.1, 0.15) is 11.6 Å². The molecule has 2 aromatic rings. The van der Waals surface area contributed by atoms with Gasteiger partial charge >= 0.3 is 0 Å². The van der Waals surface area contributed by atoms with Crippen LogP contribution in [-0.4, -0.2) is 16.2 Å². The van der Waals surface area contributed by atoms with Crippen LogP contribution in [0.5, 0.6) is 5.75 Å². The molecule has 1 aromatic carbocycles. The topological polar surface area (TPSA) is 53.1 Å². The summed E-state index contributed by atoms with van der Waals surface area (Å²) in [5.41, 5.74) is 6.12. The summed E-state index contributed by atoms with van der Waals surface area (Å²) in [6, 6.07) is 9.69. The van der Waals surface area contributed by atoms with Crippen LogP contribution in [0.3, 0.4) is 0 Å². The van der Waals surface area contributed by atoms with Gasteiger partial charge < -0.3 is 15.0 Å². The normalized spacial score (nSPS) is 12.3. The van der Waals surface area contributed by atoms with Crippen LogP contribution in [-0.2, 0) is 6.54 Å². The number of hydrogen-bond acceptors (Lipinski definition) is 3. The molecule has 1 heterocycles. The quantitative estimate of drug-likeness (QED) is 0.850. The highest BCUT2D eigenvalue weighted by Crippen LogP contribution is 2.14. The minimum Gasteiger partial charge on any atom is -0.494 e. The van der Waals surface area contributed by atoms with Gasteiger partial charge in [0.25, 0.3) is 0 Å². The van der Waals surface area contributed by atoms with E-state index in [2.05, 4.69) is 16.5 Å². The molecule has 0 amide bonds. The molecule has 18 heavy (non-hydrogen) atoms. The Balaban J connectivity index is 1.84. The van der Waals surface area contributed by atoms with E-state index in [1.54, 1.807) is 6.20 Å². The molecular formula is C14H19N3O. The van der Waals surface area contributed by atoms with Gasteiger partial charge in [-0.05, 0) is 19.1 Å². The van der Waals surface area contributed by atoms with E-state index in [4.69, 9.17) is 10.5 Å². The lowest BCUT2D eigenvalue weighted by atomic mass is 10.2. The highest BCUT2D eigenvalue weighted by molar-refractivity contribution is 5.20. The number of nitrogens with zero attached hydrogens (tertiary/aromatic N) is 2. The van der Waals surface area contributed by atoms with E-state index in [9.17, 15) is 0 Å². The predicted molar refractivity (Wildman–Crippen MR) is 71.4 cm³/mol. The van der Waals surface area contributed by atoms with Crippen LogP contribution in [0, 0.1) is 0 Å². The van der Waals surface area contributed by atoms with Gasteiger partial charge in [0.2, 0.25) is 0 Å². The number of para-hydroxylation sites is 1. The van der Waals surface area contributed by atoms with Crippen molar-refractivity contribution in [3.8, 4) is 5.75 Å². The number of benzene rings is 1. The zero-order chi connectivity index (χ0) is 12.8. The Bertz CT molecular complexity index is 467. The third-order valence-electron chi connectivity index (χ3n) is 2.86. The molecule has 0 spiro atoms. The van der Waals surface area contributed by atoms with Crippen molar-refractivity contribution in [1.29, 1.82) is 0 Å². The van der Waals surface area contributed by atoms with Gasteiger partial charge in [0, 0.05) is 25.4 Å². The van der Waals surface area contributed by atoms with Gasteiger partial charge in [-0.2, -0.15) is 0 Å². The van der Waals surface area contributed by atoms with Crippen molar-refractivity contribution in [3.05, 3.63) is 48.5 Å². The van der Waals surface area contributed by atoms with E-state index in [1.807, 2.05) is 36.5 Å². The molecule has 0 bridgehead atoms. The first kappa shape index (κ1) is 12.6. The molecule has 2 rings (SSSR count). The lowest BCUT2D eigenvalue weighted by molar-refractivity contribution is 0.295. The number of aryl methyl sites for hydroxylation is 1. The second-order valence-electron chi connectivity index (χ2n) is 4.13. The number of ether oxygens (including phenoxy) is 1. The molecular weight excluding hydrogens is 226 g/mol. The van der Waals surface area contributed by atoms with Crippen LogP contribution in [0.1, 0.15) is 25.2 Å². The molecule has 0 aliphatic heterocycles. The smallest absolute Gasteiger partial charge is 0.125 e. The first-order chi connectivity index (χ1) is 8.81. The fourth-order valence-electron chi connectivity index (χ4n) is 1.87. The molecule has 2 N–H and O–H groups in total. The monoisotopic (exact) mass is 245 g/mol. The molecule has 0 fully saturated rings. The summed E-state index contributed by atoms with van der Waals surface area (Å²) >= 11 is 0. The van der Waals surface area contributed by atoms with Gasteiger partial charge in [-0.1, -0.05) is 18.2 Å². The van der Waals surface area contributed by atoms with Crippen molar-refractivity contribution in [3.63, 3.8) is 0 Å². The van der Waals surface area contributed by atoms with E-state index in [0.29, 0.717) is 6.61 Å². The molecule has 0 aliphatic rings. The Hall–Kier alpha value is -1.81. The van der Waals surface area contributed by atoms with Gasteiger partial charge in [0.05, 0.1) is 12.6 Å². The van der Waals surface area contributed by atoms with E-state index >= 15 is 0 Å².